The molecule has 0 aliphatic heterocycles. The molecule has 2 heteroatoms. The van der Waals surface area contributed by atoms with Crippen molar-refractivity contribution in [3.05, 3.63) is 273 Å². The maximum Gasteiger partial charge on any atom is 0.0465 e. The quantitative estimate of drug-likeness (QED) is 0.140. The predicted octanol–water partition coefficient (Wildman–Crippen LogP) is 20.6. The molecule has 4 aliphatic carbocycles. The Hall–Kier alpha value is -8.46. The van der Waals surface area contributed by atoms with Crippen molar-refractivity contribution in [2.45, 2.75) is 90.9 Å². The van der Waals surface area contributed by atoms with Gasteiger partial charge in [-0.05, 0) is 198 Å². The highest BCUT2D eigenvalue weighted by Crippen LogP contribution is 2.56. The molecule has 0 amide bonds. The van der Waals surface area contributed by atoms with Crippen molar-refractivity contribution in [2.24, 2.45) is 0 Å². The van der Waals surface area contributed by atoms with E-state index >= 15 is 0 Å². The van der Waals surface area contributed by atoms with Crippen LogP contribution in [0.15, 0.2) is 206 Å². The van der Waals surface area contributed by atoms with Crippen molar-refractivity contribution in [3.8, 4) is 44.5 Å². The summed E-state index contributed by atoms with van der Waals surface area (Å²) in [5, 5.41) is 0. The van der Waals surface area contributed by atoms with Crippen LogP contribution in [-0.4, -0.2) is 0 Å². The minimum absolute atomic E-state index is 0.0935. The Bertz CT molecular complexity index is 3920. The number of aryl methyl sites for hydroxylation is 2. The zero-order chi connectivity index (χ0) is 53.6. The molecule has 0 fully saturated rings. The molecule has 10 aromatic carbocycles. The van der Waals surface area contributed by atoms with E-state index in [4.69, 9.17) is 0 Å². The lowest BCUT2D eigenvalue weighted by atomic mass is 9.81. The fraction of sp³-hybridized carbons (Fsp3) is 0.184. The van der Waals surface area contributed by atoms with E-state index in [9.17, 15) is 0 Å². The topological polar surface area (TPSA) is 6.48 Å². The molecular weight excluding hydrogens is 941 g/mol. The predicted molar refractivity (Wildman–Crippen MR) is 331 cm³/mol. The number of nitrogens with zero attached hydrogens (tertiary/aromatic N) is 2. The molecule has 4 aliphatic rings. The van der Waals surface area contributed by atoms with E-state index in [1.807, 2.05) is 0 Å². The molecule has 10 aromatic rings. The van der Waals surface area contributed by atoms with Crippen LogP contribution in [0.4, 0.5) is 34.1 Å². The second-order valence-corrected chi connectivity index (χ2v) is 24.8. The van der Waals surface area contributed by atoms with Gasteiger partial charge in [0, 0.05) is 55.8 Å². The number of rotatable bonds is 8. The average Bonchev–Trinajstić information content (AvgIpc) is 4.18. The molecule has 14 rings (SSSR count). The summed E-state index contributed by atoms with van der Waals surface area (Å²) in [7, 11) is 0. The van der Waals surface area contributed by atoms with E-state index in [1.54, 1.807) is 0 Å². The average molecular weight is 1010 g/mol. The SMILES string of the molecule is Cc1cccc(N(c2ccc3c(c2)C(C)(C)c2ccccc2-3)c2ccc3c(c2)C(C)(C)c2cc(/C=C/c4ccc5c(c4)C(C)(C)c4cc(N(c6cccc(C)c6)c6ccc7c(c6)C(C)(C)c6ccccc6-7)ccc4-5)ccc2-3)c1. The summed E-state index contributed by atoms with van der Waals surface area (Å²) in [5.74, 6) is 0. The van der Waals surface area contributed by atoms with Crippen molar-refractivity contribution in [1.82, 2.24) is 0 Å². The van der Waals surface area contributed by atoms with Crippen LogP contribution in [0.25, 0.3) is 56.7 Å². The lowest BCUT2D eigenvalue weighted by Gasteiger charge is -2.30. The molecule has 2 nitrogen and oxygen atoms in total. The van der Waals surface area contributed by atoms with Crippen LogP contribution >= 0.6 is 0 Å². The zero-order valence-corrected chi connectivity index (χ0v) is 46.7. The summed E-state index contributed by atoms with van der Waals surface area (Å²) in [6.45, 7) is 23.5. The molecule has 0 bridgehead atoms. The van der Waals surface area contributed by atoms with Crippen molar-refractivity contribution < 1.29 is 0 Å². The van der Waals surface area contributed by atoms with Gasteiger partial charge in [0.2, 0.25) is 0 Å². The first kappa shape index (κ1) is 48.0. The standard InChI is InChI=1S/C76H66N2/c1-47-17-15-19-51(39-47)77(53-29-35-61-57-21-11-13-23-65(57)73(3,4)69(61)43-53)55-31-37-63-59-33-27-49(41-67(59)75(7,8)71(63)45-55)25-26-50-28-34-60-64-38-32-56(46-72(64)76(9,10)68(60)42-50)78(52-20-16-18-48(2)40-52)54-30-36-62-58-22-12-14-24-66(58)74(5,6)70(62)44-54/h11-46H,1-10H3/b26-25+. The summed E-state index contributed by atoms with van der Waals surface area (Å²) in [6, 6.07) is 78.4. The second-order valence-electron chi connectivity index (χ2n) is 24.8. The van der Waals surface area contributed by atoms with Gasteiger partial charge < -0.3 is 9.80 Å². The van der Waals surface area contributed by atoms with Crippen molar-refractivity contribution in [1.29, 1.82) is 0 Å². The first-order valence-corrected chi connectivity index (χ1v) is 28.0. The van der Waals surface area contributed by atoms with Crippen LogP contribution in [0, 0.1) is 13.8 Å². The molecule has 0 N–H and O–H groups in total. The van der Waals surface area contributed by atoms with Gasteiger partial charge in [-0.2, -0.15) is 0 Å². The minimum atomic E-state index is -0.204. The van der Waals surface area contributed by atoms with Gasteiger partial charge in [0.1, 0.15) is 0 Å². The monoisotopic (exact) mass is 1010 g/mol. The number of hydrogen-bond acceptors (Lipinski definition) is 2. The van der Waals surface area contributed by atoms with Gasteiger partial charge in [-0.1, -0.05) is 201 Å². The van der Waals surface area contributed by atoms with Crippen molar-refractivity contribution in [2.75, 3.05) is 9.80 Å². The Labute approximate surface area is 462 Å². The van der Waals surface area contributed by atoms with Crippen LogP contribution < -0.4 is 9.80 Å². The fourth-order valence-electron chi connectivity index (χ4n) is 14.3. The minimum Gasteiger partial charge on any atom is -0.310 e. The third-order valence-corrected chi connectivity index (χ3v) is 18.5. The Morgan fingerprint density at radius 1 is 0.244 bits per heavy atom. The van der Waals surface area contributed by atoms with E-state index in [-0.39, 0.29) is 21.7 Å². The van der Waals surface area contributed by atoms with Crippen molar-refractivity contribution in [3.63, 3.8) is 0 Å². The Balaban J connectivity index is 0.763. The summed E-state index contributed by atoms with van der Waals surface area (Å²) in [5.41, 5.74) is 33.0. The molecule has 0 saturated carbocycles. The van der Waals surface area contributed by atoms with E-state index in [0.29, 0.717) is 0 Å². The largest absolute Gasteiger partial charge is 0.310 e. The van der Waals surface area contributed by atoms with E-state index in [2.05, 4.69) is 297 Å². The molecule has 0 aromatic heterocycles. The van der Waals surface area contributed by atoms with Crippen LogP contribution in [0.5, 0.6) is 0 Å². The van der Waals surface area contributed by atoms with Gasteiger partial charge in [-0.15, -0.1) is 0 Å². The Kier molecular flexibility index (Phi) is 10.5. The highest BCUT2D eigenvalue weighted by molar-refractivity contribution is 5.92. The Morgan fingerprint density at radius 2 is 0.513 bits per heavy atom. The maximum atomic E-state index is 2.46. The van der Waals surface area contributed by atoms with Crippen LogP contribution in [-0.2, 0) is 21.7 Å². The number of anilines is 6. The summed E-state index contributed by atoms with van der Waals surface area (Å²) in [4.78, 5) is 4.93. The van der Waals surface area contributed by atoms with Gasteiger partial charge in [0.25, 0.3) is 0 Å². The number of fused-ring (bicyclic) bond motifs is 12. The molecule has 0 spiro atoms. The Morgan fingerprint density at radius 3 is 0.846 bits per heavy atom. The fourth-order valence-corrected chi connectivity index (χ4v) is 14.3. The maximum absolute atomic E-state index is 2.46. The third kappa shape index (κ3) is 7.15. The van der Waals surface area contributed by atoms with Gasteiger partial charge in [0.05, 0.1) is 0 Å². The molecule has 0 saturated heterocycles. The van der Waals surface area contributed by atoms with Crippen LogP contribution in [0.2, 0.25) is 0 Å². The zero-order valence-electron chi connectivity index (χ0n) is 46.7. The molecule has 0 atom stereocenters. The highest BCUT2D eigenvalue weighted by Gasteiger charge is 2.40. The second kappa shape index (κ2) is 17.0. The molecule has 78 heavy (non-hydrogen) atoms. The first-order chi connectivity index (χ1) is 37.5. The van der Waals surface area contributed by atoms with Crippen LogP contribution in [0.1, 0.15) is 122 Å². The number of hydrogen-bond donors (Lipinski definition) is 0. The van der Waals surface area contributed by atoms with Gasteiger partial charge in [-0.3, -0.25) is 0 Å². The van der Waals surface area contributed by atoms with E-state index in [0.717, 1.165) is 0 Å². The van der Waals surface area contributed by atoms with E-state index in [1.165, 1.54) is 145 Å². The van der Waals surface area contributed by atoms with E-state index < -0.39 is 0 Å². The third-order valence-electron chi connectivity index (χ3n) is 18.5. The van der Waals surface area contributed by atoms with Gasteiger partial charge >= 0.3 is 0 Å². The number of benzene rings is 10. The lowest BCUT2D eigenvalue weighted by Crippen LogP contribution is -2.18. The normalized spacial score (nSPS) is 15.7. The smallest absolute Gasteiger partial charge is 0.0465 e. The summed E-state index contributed by atoms with van der Waals surface area (Å²) < 4.78 is 0. The van der Waals surface area contributed by atoms with Crippen molar-refractivity contribution >= 4 is 46.3 Å². The molecule has 380 valence electrons. The van der Waals surface area contributed by atoms with Crippen LogP contribution in [0.3, 0.4) is 0 Å². The van der Waals surface area contributed by atoms with Gasteiger partial charge in [-0.25, -0.2) is 0 Å². The summed E-state index contributed by atoms with van der Waals surface area (Å²) >= 11 is 0. The van der Waals surface area contributed by atoms with Gasteiger partial charge in [0.15, 0.2) is 0 Å². The summed E-state index contributed by atoms with van der Waals surface area (Å²) in [6.07, 6.45) is 4.62. The molecular formula is C76H66N2. The highest BCUT2D eigenvalue weighted by atomic mass is 15.1. The molecule has 0 radical (unpaired) electrons. The molecule has 0 unspecified atom stereocenters. The lowest BCUT2D eigenvalue weighted by molar-refractivity contribution is 0.659. The first-order valence-electron chi connectivity index (χ1n) is 28.0. The molecule has 0 heterocycles.